The lowest BCUT2D eigenvalue weighted by atomic mass is 9.82. The lowest BCUT2D eigenvalue weighted by Gasteiger charge is -2.39. The summed E-state index contributed by atoms with van der Waals surface area (Å²) in [6, 6.07) is 0. The zero-order chi connectivity index (χ0) is 12.5. The van der Waals surface area contributed by atoms with E-state index >= 15 is 0 Å². The summed E-state index contributed by atoms with van der Waals surface area (Å²) in [6.45, 7) is 3.60. The fourth-order valence-electron chi connectivity index (χ4n) is 2.72. The van der Waals surface area contributed by atoms with Gasteiger partial charge in [0.1, 0.15) is 12.7 Å². The number of aliphatic hydroxyl groups excluding tert-OH is 1. The van der Waals surface area contributed by atoms with E-state index < -0.39 is 18.0 Å². The SMILES string of the molecule is CC1(C)OCC(=O)C([C@@H](O)C2CCCCC2)O1. The predicted octanol–water partition coefficient (Wildman–Crippen LogP) is 1.65. The Balaban J connectivity index is 2.01. The van der Waals surface area contributed by atoms with Crippen LogP contribution in [0.15, 0.2) is 0 Å². The quantitative estimate of drug-likeness (QED) is 0.800. The van der Waals surface area contributed by atoms with Gasteiger partial charge in [-0.2, -0.15) is 0 Å². The largest absolute Gasteiger partial charge is 0.390 e. The minimum absolute atomic E-state index is 0.0431. The minimum Gasteiger partial charge on any atom is -0.390 e. The van der Waals surface area contributed by atoms with E-state index in [1.54, 1.807) is 13.8 Å². The highest BCUT2D eigenvalue weighted by atomic mass is 16.7. The van der Waals surface area contributed by atoms with Gasteiger partial charge in [0, 0.05) is 0 Å². The van der Waals surface area contributed by atoms with Crippen LogP contribution in [0.2, 0.25) is 0 Å². The van der Waals surface area contributed by atoms with Gasteiger partial charge in [0.05, 0.1) is 6.10 Å². The molecule has 1 aliphatic heterocycles. The van der Waals surface area contributed by atoms with Crippen LogP contribution in [0.4, 0.5) is 0 Å². The molecule has 1 unspecified atom stereocenters. The Morgan fingerprint density at radius 3 is 2.59 bits per heavy atom. The predicted molar refractivity (Wildman–Crippen MR) is 62.5 cm³/mol. The molecule has 0 aromatic heterocycles. The molecule has 0 spiro atoms. The Hall–Kier alpha value is -0.450. The summed E-state index contributed by atoms with van der Waals surface area (Å²) in [5.74, 6) is -0.706. The van der Waals surface area contributed by atoms with E-state index in [0.717, 1.165) is 25.7 Å². The number of hydrogen-bond donors (Lipinski definition) is 1. The summed E-state index contributed by atoms with van der Waals surface area (Å²) in [6.07, 6.45) is 4.13. The van der Waals surface area contributed by atoms with Gasteiger partial charge >= 0.3 is 0 Å². The normalized spacial score (nSPS) is 32.4. The number of carbonyl (C=O) groups excluding carboxylic acids is 1. The maximum absolute atomic E-state index is 11.8. The van der Waals surface area contributed by atoms with E-state index in [-0.39, 0.29) is 18.3 Å². The average Bonchev–Trinajstić information content (AvgIpc) is 2.33. The Morgan fingerprint density at radius 1 is 1.29 bits per heavy atom. The minimum atomic E-state index is -0.770. The lowest BCUT2D eigenvalue weighted by Crippen LogP contribution is -2.53. The Morgan fingerprint density at radius 2 is 1.94 bits per heavy atom. The van der Waals surface area contributed by atoms with E-state index in [9.17, 15) is 9.90 Å². The van der Waals surface area contributed by atoms with Gasteiger partial charge in [0.25, 0.3) is 0 Å². The van der Waals surface area contributed by atoms with Crippen LogP contribution in [0.5, 0.6) is 0 Å². The molecule has 1 aliphatic carbocycles. The van der Waals surface area contributed by atoms with Crippen molar-refractivity contribution in [3.05, 3.63) is 0 Å². The first-order valence-corrected chi connectivity index (χ1v) is 6.52. The van der Waals surface area contributed by atoms with Crippen molar-refractivity contribution in [2.24, 2.45) is 5.92 Å². The molecule has 2 rings (SSSR count). The van der Waals surface area contributed by atoms with Crippen molar-refractivity contribution >= 4 is 5.78 Å². The van der Waals surface area contributed by atoms with Crippen molar-refractivity contribution in [1.29, 1.82) is 0 Å². The molecule has 2 atom stereocenters. The third kappa shape index (κ3) is 3.06. The highest BCUT2D eigenvalue weighted by Gasteiger charge is 2.42. The van der Waals surface area contributed by atoms with E-state index in [4.69, 9.17) is 9.47 Å². The van der Waals surface area contributed by atoms with Crippen LogP contribution in [0.3, 0.4) is 0 Å². The zero-order valence-electron chi connectivity index (χ0n) is 10.6. The van der Waals surface area contributed by atoms with Crippen LogP contribution in [0, 0.1) is 5.92 Å². The molecule has 0 aromatic rings. The van der Waals surface area contributed by atoms with E-state index in [2.05, 4.69) is 0 Å². The summed E-state index contributed by atoms with van der Waals surface area (Å²) in [4.78, 5) is 11.8. The maximum Gasteiger partial charge on any atom is 0.190 e. The molecule has 98 valence electrons. The van der Waals surface area contributed by atoms with Gasteiger partial charge in [-0.15, -0.1) is 0 Å². The number of aliphatic hydroxyl groups is 1. The lowest BCUT2D eigenvalue weighted by molar-refractivity contribution is -0.274. The van der Waals surface area contributed by atoms with Crippen LogP contribution >= 0.6 is 0 Å². The van der Waals surface area contributed by atoms with Gasteiger partial charge in [-0.3, -0.25) is 4.79 Å². The van der Waals surface area contributed by atoms with Crippen molar-refractivity contribution < 1.29 is 19.4 Å². The molecule has 1 N–H and O–H groups in total. The number of ether oxygens (including phenoxy) is 2. The second-order valence-electron chi connectivity index (χ2n) is 5.58. The molecule has 1 heterocycles. The Labute approximate surface area is 102 Å². The summed E-state index contributed by atoms with van der Waals surface area (Å²) < 4.78 is 10.8. The summed E-state index contributed by atoms with van der Waals surface area (Å²) in [5.41, 5.74) is 0. The van der Waals surface area contributed by atoms with Gasteiger partial charge in [-0.1, -0.05) is 19.3 Å². The number of rotatable bonds is 2. The molecule has 17 heavy (non-hydrogen) atoms. The van der Waals surface area contributed by atoms with Gasteiger partial charge in [-0.05, 0) is 32.6 Å². The summed E-state index contributed by atoms with van der Waals surface area (Å²) in [5, 5.41) is 10.3. The zero-order valence-corrected chi connectivity index (χ0v) is 10.6. The molecule has 0 amide bonds. The molecular weight excluding hydrogens is 220 g/mol. The van der Waals surface area contributed by atoms with E-state index in [1.165, 1.54) is 6.42 Å². The van der Waals surface area contributed by atoms with Crippen molar-refractivity contribution in [3.8, 4) is 0 Å². The molecule has 1 saturated heterocycles. The third-order valence-electron chi connectivity index (χ3n) is 3.73. The first kappa shape index (κ1) is 13.0. The van der Waals surface area contributed by atoms with Gasteiger partial charge in [0.2, 0.25) is 0 Å². The van der Waals surface area contributed by atoms with Crippen molar-refractivity contribution in [1.82, 2.24) is 0 Å². The number of carbonyl (C=O) groups is 1. The van der Waals surface area contributed by atoms with Crippen LogP contribution < -0.4 is 0 Å². The van der Waals surface area contributed by atoms with Crippen molar-refractivity contribution in [2.75, 3.05) is 6.61 Å². The topological polar surface area (TPSA) is 55.8 Å². The third-order valence-corrected chi connectivity index (χ3v) is 3.73. The van der Waals surface area contributed by atoms with Crippen LogP contribution in [0.25, 0.3) is 0 Å². The van der Waals surface area contributed by atoms with Crippen LogP contribution in [-0.2, 0) is 14.3 Å². The number of hydrogen-bond acceptors (Lipinski definition) is 4. The van der Waals surface area contributed by atoms with E-state index in [0.29, 0.717) is 0 Å². The van der Waals surface area contributed by atoms with Crippen molar-refractivity contribution in [3.63, 3.8) is 0 Å². The number of Topliss-reactive ketones (excluding diaryl/α,β-unsaturated/α-hetero) is 1. The fourth-order valence-corrected chi connectivity index (χ4v) is 2.72. The second kappa shape index (κ2) is 5.04. The van der Waals surface area contributed by atoms with Gasteiger partial charge < -0.3 is 14.6 Å². The molecule has 0 bridgehead atoms. The number of ketones is 1. The highest BCUT2D eigenvalue weighted by molar-refractivity contribution is 5.85. The fraction of sp³-hybridized carbons (Fsp3) is 0.923. The van der Waals surface area contributed by atoms with Crippen molar-refractivity contribution in [2.45, 2.75) is 63.9 Å². The smallest absolute Gasteiger partial charge is 0.190 e. The van der Waals surface area contributed by atoms with Gasteiger partial charge in [0.15, 0.2) is 11.6 Å². The molecule has 2 fully saturated rings. The van der Waals surface area contributed by atoms with E-state index in [1.807, 2.05) is 0 Å². The molecular formula is C13H22O4. The Kier molecular flexibility index (Phi) is 3.85. The standard InChI is InChI=1S/C13H22O4/c1-13(2)16-8-10(14)12(17-13)11(15)9-6-4-3-5-7-9/h9,11-12,15H,3-8H2,1-2H3/t11-,12?/m0/s1. The first-order chi connectivity index (χ1) is 7.99. The highest BCUT2D eigenvalue weighted by Crippen LogP contribution is 2.31. The Bertz CT molecular complexity index is 281. The summed E-state index contributed by atoms with van der Waals surface area (Å²) in [7, 11) is 0. The molecule has 2 aliphatic rings. The molecule has 4 heteroatoms. The monoisotopic (exact) mass is 242 g/mol. The second-order valence-corrected chi connectivity index (χ2v) is 5.58. The van der Waals surface area contributed by atoms with Gasteiger partial charge in [-0.25, -0.2) is 0 Å². The average molecular weight is 242 g/mol. The molecule has 0 aromatic carbocycles. The molecule has 0 radical (unpaired) electrons. The molecule has 4 nitrogen and oxygen atoms in total. The van der Waals surface area contributed by atoms with Crippen LogP contribution in [-0.4, -0.2) is 35.5 Å². The maximum atomic E-state index is 11.8. The molecule has 1 saturated carbocycles. The first-order valence-electron chi connectivity index (χ1n) is 6.52. The van der Waals surface area contributed by atoms with Crippen LogP contribution in [0.1, 0.15) is 46.0 Å². The summed E-state index contributed by atoms with van der Waals surface area (Å²) >= 11 is 0.